The van der Waals surface area contributed by atoms with Gasteiger partial charge in [-0.05, 0) is 18.2 Å². The van der Waals surface area contributed by atoms with Crippen LogP contribution in [0.4, 0.5) is 0 Å². The standard InChI is InChI=1S/C12H9N3O2/c1-16-10-4-2-3-5-11(10)17-12-9(8-13)6-7-14-15-12/h2-7H,1H3. The quantitative estimate of drug-likeness (QED) is 0.803. The molecule has 84 valence electrons. The zero-order valence-corrected chi connectivity index (χ0v) is 9.12. The summed E-state index contributed by atoms with van der Waals surface area (Å²) in [4.78, 5) is 0. The van der Waals surface area contributed by atoms with Crippen LogP contribution in [0.3, 0.4) is 0 Å². The molecule has 1 heterocycles. The molecule has 5 nitrogen and oxygen atoms in total. The van der Waals surface area contributed by atoms with E-state index in [1.165, 1.54) is 12.3 Å². The van der Waals surface area contributed by atoms with Crippen LogP contribution in [0, 0.1) is 11.3 Å². The molecule has 0 aliphatic heterocycles. The molecule has 0 spiro atoms. The summed E-state index contributed by atoms with van der Waals surface area (Å²) >= 11 is 0. The second-order valence-electron chi connectivity index (χ2n) is 3.11. The van der Waals surface area contributed by atoms with Gasteiger partial charge in [-0.25, -0.2) is 0 Å². The number of benzene rings is 1. The summed E-state index contributed by atoms with van der Waals surface area (Å²) in [7, 11) is 1.55. The molecule has 0 unspecified atom stereocenters. The van der Waals surface area contributed by atoms with Crippen molar-refractivity contribution in [2.45, 2.75) is 0 Å². The summed E-state index contributed by atoms with van der Waals surface area (Å²) in [5.74, 6) is 1.23. The molecule has 0 bridgehead atoms. The van der Waals surface area contributed by atoms with Crippen LogP contribution in [0.25, 0.3) is 0 Å². The highest BCUT2D eigenvalue weighted by Crippen LogP contribution is 2.30. The van der Waals surface area contributed by atoms with Gasteiger partial charge in [0.15, 0.2) is 11.5 Å². The van der Waals surface area contributed by atoms with Crippen molar-refractivity contribution >= 4 is 0 Å². The molecular formula is C12H9N3O2. The number of nitriles is 1. The first kappa shape index (κ1) is 10.9. The zero-order valence-electron chi connectivity index (χ0n) is 9.12. The van der Waals surface area contributed by atoms with Gasteiger partial charge in [-0.1, -0.05) is 12.1 Å². The first-order chi connectivity index (χ1) is 8.35. The largest absolute Gasteiger partial charge is 0.493 e. The van der Waals surface area contributed by atoms with Crippen LogP contribution in [-0.2, 0) is 0 Å². The molecule has 0 saturated heterocycles. The highest BCUT2D eigenvalue weighted by Gasteiger charge is 2.09. The Labute approximate surface area is 98.2 Å². The van der Waals surface area contributed by atoms with E-state index in [4.69, 9.17) is 14.7 Å². The maximum absolute atomic E-state index is 8.89. The van der Waals surface area contributed by atoms with Crippen molar-refractivity contribution in [1.29, 1.82) is 5.26 Å². The maximum atomic E-state index is 8.89. The number of ether oxygens (including phenoxy) is 2. The Kier molecular flexibility index (Phi) is 3.17. The summed E-state index contributed by atoms with van der Waals surface area (Å²) in [5, 5.41) is 16.3. The Morgan fingerprint density at radius 2 is 1.94 bits per heavy atom. The maximum Gasteiger partial charge on any atom is 0.257 e. The van der Waals surface area contributed by atoms with Crippen LogP contribution in [0.15, 0.2) is 36.5 Å². The van der Waals surface area contributed by atoms with E-state index in [9.17, 15) is 0 Å². The van der Waals surface area contributed by atoms with E-state index in [-0.39, 0.29) is 5.88 Å². The number of hydrogen-bond donors (Lipinski definition) is 0. The lowest BCUT2D eigenvalue weighted by Crippen LogP contribution is -1.95. The first-order valence-corrected chi connectivity index (χ1v) is 4.88. The van der Waals surface area contributed by atoms with Crippen molar-refractivity contribution in [1.82, 2.24) is 10.2 Å². The topological polar surface area (TPSA) is 68.0 Å². The van der Waals surface area contributed by atoms with Crippen LogP contribution < -0.4 is 9.47 Å². The van der Waals surface area contributed by atoms with E-state index >= 15 is 0 Å². The van der Waals surface area contributed by atoms with E-state index in [2.05, 4.69) is 10.2 Å². The molecule has 5 heteroatoms. The Hall–Kier alpha value is -2.61. The molecule has 1 aromatic carbocycles. The predicted octanol–water partition coefficient (Wildman–Crippen LogP) is 2.15. The molecule has 0 saturated carbocycles. The highest BCUT2D eigenvalue weighted by atomic mass is 16.5. The van der Waals surface area contributed by atoms with Gasteiger partial charge in [-0.3, -0.25) is 0 Å². The predicted molar refractivity (Wildman–Crippen MR) is 59.8 cm³/mol. The van der Waals surface area contributed by atoms with Crippen molar-refractivity contribution < 1.29 is 9.47 Å². The van der Waals surface area contributed by atoms with Gasteiger partial charge in [0.05, 0.1) is 13.3 Å². The third-order valence-corrected chi connectivity index (χ3v) is 2.08. The summed E-state index contributed by atoms with van der Waals surface area (Å²) in [6.07, 6.45) is 1.44. The van der Waals surface area contributed by atoms with Crippen LogP contribution in [0.2, 0.25) is 0 Å². The molecule has 0 aliphatic rings. The number of nitrogens with zero attached hydrogens (tertiary/aromatic N) is 3. The van der Waals surface area contributed by atoms with Crippen molar-refractivity contribution in [3.8, 4) is 23.4 Å². The number of aromatic nitrogens is 2. The van der Waals surface area contributed by atoms with Gasteiger partial charge in [-0.15, -0.1) is 5.10 Å². The molecule has 2 rings (SSSR count). The summed E-state index contributed by atoms with van der Waals surface area (Å²) < 4.78 is 10.6. The van der Waals surface area contributed by atoms with Crippen LogP contribution in [0.1, 0.15) is 5.56 Å². The minimum Gasteiger partial charge on any atom is -0.493 e. The molecule has 0 amide bonds. The van der Waals surface area contributed by atoms with Crippen molar-refractivity contribution in [3.05, 3.63) is 42.1 Å². The minimum absolute atomic E-state index is 0.166. The van der Waals surface area contributed by atoms with Gasteiger partial charge in [-0.2, -0.15) is 10.4 Å². The fourth-order valence-corrected chi connectivity index (χ4v) is 1.29. The van der Waals surface area contributed by atoms with Crippen molar-refractivity contribution in [2.24, 2.45) is 0 Å². The molecular weight excluding hydrogens is 218 g/mol. The molecule has 0 fully saturated rings. The van der Waals surface area contributed by atoms with E-state index in [1.807, 2.05) is 12.1 Å². The van der Waals surface area contributed by atoms with Gasteiger partial charge in [0.25, 0.3) is 5.88 Å². The Morgan fingerprint density at radius 1 is 1.18 bits per heavy atom. The monoisotopic (exact) mass is 227 g/mol. The van der Waals surface area contributed by atoms with E-state index in [0.29, 0.717) is 17.1 Å². The SMILES string of the molecule is COc1ccccc1Oc1nnccc1C#N. The van der Waals surface area contributed by atoms with Gasteiger partial charge >= 0.3 is 0 Å². The van der Waals surface area contributed by atoms with E-state index in [0.717, 1.165) is 0 Å². The van der Waals surface area contributed by atoms with Gasteiger partial charge in [0, 0.05) is 0 Å². The number of hydrogen-bond acceptors (Lipinski definition) is 5. The molecule has 0 aliphatic carbocycles. The third kappa shape index (κ3) is 2.32. The molecule has 17 heavy (non-hydrogen) atoms. The average Bonchev–Trinajstić information content (AvgIpc) is 2.40. The number of methoxy groups -OCH3 is 1. The van der Waals surface area contributed by atoms with E-state index < -0.39 is 0 Å². The average molecular weight is 227 g/mol. The molecule has 0 atom stereocenters. The second kappa shape index (κ2) is 4.94. The van der Waals surface area contributed by atoms with Crippen LogP contribution >= 0.6 is 0 Å². The molecule has 0 radical (unpaired) electrons. The lowest BCUT2D eigenvalue weighted by molar-refractivity contribution is 0.372. The lowest BCUT2D eigenvalue weighted by atomic mass is 10.3. The first-order valence-electron chi connectivity index (χ1n) is 4.88. The minimum atomic E-state index is 0.166. The van der Waals surface area contributed by atoms with Gasteiger partial charge in [0.2, 0.25) is 0 Å². The number of para-hydroxylation sites is 2. The molecule has 1 aromatic heterocycles. The zero-order chi connectivity index (χ0) is 12.1. The van der Waals surface area contributed by atoms with Crippen LogP contribution in [-0.4, -0.2) is 17.3 Å². The van der Waals surface area contributed by atoms with Crippen LogP contribution in [0.5, 0.6) is 17.4 Å². The third-order valence-electron chi connectivity index (χ3n) is 2.08. The van der Waals surface area contributed by atoms with Gasteiger partial charge < -0.3 is 9.47 Å². The van der Waals surface area contributed by atoms with Crippen molar-refractivity contribution in [3.63, 3.8) is 0 Å². The number of rotatable bonds is 3. The van der Waals surface area contributed by atoms with E-state index in [1.54, 1.807) is 25.3 Å². The fourth-order valence-electron chi connectivity index (χ4n) is 1.29. The summed E-state index contributed by atoms with van der Waals surface area (Å²) in [6.45, 7) is 0. The van der Waals surface area contributed by atoms with Crippen molar-refractivity contribution in [2.75, 3.05) is 7.11 Å². The van der Waals surface area contributed by atoms with Gasteiger partial charge in [0.1, 0.15) is 11.6 Å². The Bertz CT molecular complexity index is 564. The Balaban J connectivity index is 2.35. The lowest BCUT2D eigenvalue weighted by Gasteiger charge is -2.08. The fraction of sp³-hybridized carbons (Fsp3) is 0.0833. The molecule has 0 N–H and O–H groups in total. The normalized spacial score (nSPS) is 9.41. The molecule has 2 aromatic rings. The second-order valence-corrected chi connectivity index (χ2v) is 3.11. The summed E-state index contributed by atoms with van der Waals surface area (Å²) in [6, 6.07) is 10.6. The smallest absolute Gasteiger partial charge is 0.257 e. The highest BCUT2D eigenvalue weighted by molar-refractivity contribution is 5.44. The summed E-state index contributed by atoms with van der Waals surface area (Å²) in [5.41, 5.74) is 0.325. The Morgan fingerprint density at radius 3 is 2.65 bits per heavy atom.